The molecule has 0 spiro atoms. The molecule has 4 nitrogen and oxygen atoms in total. The number of carbonyl (C=O) groups excluding carboxylic acids is 1. The van der Waals surface area contributed by atoms with E-state index in [1.165, 1.54) is 12.8 Å². The molecule has 2 heterocycles. The van der Waals surface area contributed by atoms with Gasteiger partial charge in [0.2, 0.25) is 0 Å². The Balaban J connectivity index is 1.61. The van der Waals surface area contributed by atoms with Gasteiger partial charge in [0, 0.05) is 24.2 Å². The van der Waals surface area contributed by atoms with Gasteiger partial charge < -0.3 is 4.90 Å². The number of benzene rings is 2. The van der Waals surface area contributed by atoms with Crippen molar-refractivity contribution in [1.29, 1.82) is 0 Å². The zero-order chi connectivity index (χ0) is 18.6. The molecule has 1 saturated heterocycles. The Morgan fingerprint density at radius 3 is 2.22 bits per heavy atom. The molecular weight excluding hydrogens is 334 g/mol. The van der Waals surface area contributed by atoms with Crippen LogP contribution in [0.15, 0.2) is 60.7 Å². The van der Waals surface area contributed by atoms with E-state index in [0.717, 1.165) is 54.1 Å². The topological polar surface area (TPSA) is 38.1 Å². The summed E-state index contributed by atoms with van der Waals surface area (Å²) in [5, 5.41) is 4.66. The number of aromatic nitrogens is 2. The first-order chi connectivity index (χ1) is 13.2. The Labute approximate surface area is 160 Å². The second kappa shape index (κ2) is 7.78. The molecule has 27 heavy (non-hydrogen) atoms. The summed E-state index contributed by atoms with van der Waals surface area (Å²) in [6.07, 6.45) is 4.67. The van der Waals surface area contributed by atoms with Gasteiger partial charge in [-0.25, -0.2) is 4.68 Å². The molecule has 0 unspecified atom stereocenters. The van der Waals surface area contributed by atoms with Crippen LogP contribution in [0.1, 0.15) is 41.7 Å². The van der Waals surface area contributed by atoms with Crippen molar-refractivity contribution >= 4 is 5.91 Å². The average Bonchev–Trinajstić information content (AvgIpc) is 2.92. The molecule has 4 heteroatoms. The quantitative estimate of drug-likeness (QED) is 0.669. The summed E-state index contributed by atoms with van der Waals surface area (Å²) in [7, 11) is 0. The molecule has 3 aromatic rings. The van der Waals surface area contributed by atoms with Crippen molar-refractivity contribution in [2.75, 3.05) is 13.1 Å². The van der Waals surface area contributed by atoms with Crippen LogP contribution < -0.4 is 0 Å². The first-order valence-corrected chi connectivity index (χ1v) is 9.74. The number of nitrogens with zero attached hydrogens (tertiary/aromatic N) is 3. The largest absolute Gasteiger partial charge is 0.339 e. The summed E-state index contributed by atoms with van der Waals surface area (Å²) in [5.74, 6) is 0.142. The van der Waals surface area contributed by atoms with Gasteiger partial charge in [-0.15, -0.1) is 0 Å². The van der Waals surface area contributed by atoms with E-state index in [-0.39, 0.29) is 5.91 Å². The number of rotatable bonds is 3. The lowest BCUT2D eigenvalue weighted by Gasteiger charge is -2.20. The van der Waals surface area contributed by atoms with Crippen LogP contribution in [-0.2, 0) is 0 Å². The lowest BCUT2D eigenvalue weighted by Crippen LogP contribution is -2.31. The normalized spacial score (nSPS) is 14.8. The first-order valence-electron chi connectivity index (χ1n) is 9.74. The van der Waals surface area contributed by atoms with Crippen LogP contribution in [-0.4, -0.2) is 33.7 Å². The van der Waals surface area contributed by atoms with Crippen LogP contribution in [0.5, 0.6) is 0 Å². The van der Waals surface area contributed by atoms with Gasteiger partial charge in [0.25, 0.3) is 5.91 Å². The highest BCUT2D eigenvalue weighted by molar-refractivity contribution is 5.94. The Kier molecular flexibility index (Phi) is 5.05. The zero-order valence-electron chi connectivity index (χ0n) is 15.8. The van der Waals surface area contributed by atoms with Gasteiger partial charge in [-0.3, -0.25) is 4.79 Å². The van der Waals surface area contributed by atoms with Crippen molar-refractivity contribution in [3.8, 4) is 16.9 Å². The van der Waals surface area contributed by atoms with E-state index in [1.54, 1.807) is 0 Å². The predicted molar refractivity (Wildman–Crippen MR) is 108 cm³/mol. The van der Waals surface area contributed by atoms with Crippen LogP contribution in [0.4, 0.5) is 0 Å². The predicted octanol–water partition coefficient (Wildman–Crippen LogP) is 4.86. The number of likely N-dealkylation sites (tertiary alicyclic amines) is 1. The van der Waals surface area contributed by atoms with E-state index < -0.39 is 0 Å². The van der Waals surface area contributed by atoms with E-state index >= 15 is 0 Å². The van der Waals surface area contributed by atoms with Crippen molar-refractivity contribution < 1.29 is 4.79 Å². The molecule has 0 atom stereocenters. The molecule has 0 radical (unpaired) electrons. The van der Waals surface area contributed by atoms with Gasteiger partial charge >= 0.3 is 0 Å². The van der Waals surface area contributed by atoms with Crippen LogP contribution in [0, 0.1) is 6.92 Å². The van der Waals surface area contributed by atoms with Crippen LogP contribution >= 0.6 is 0 Å². The molecule has 0 bridgehead atoms. The highest BCUT2D eigenvalue weighted by atomic mass is 16.2. The number of amides is 1. The maximum atomic E-state index is 12.8. The van der Waals surface area contributed by atoms with Crippen molar-refractivity contribution in [3.05, 3.63) is 71.9 Å². The minimum atomic E-state index is 0.142. The molecule has 1 aromatic heterocycles. The monoisotopic (exact) mass is 359 g/mol. The summed E-state index contributed by atoms with van der Waals surface area (Å²) < 4.78 is 1.95. The average molecular weight is 359 g/mol. The van der Waals surface area contributed by atoms with E-state index in [4.69, 9.17) is 0 Å². The molecule has 2 aromatic carbocycles. The van der Waals surface area contributed by atoms with Gasteiger partial charge in [0.1, 0.15) is 0 Å². The van der Waals surface area contributed by atoms with Gasteiger partial charge in [0.05, 0.1) is 17.1 Å². The third-order valence-corrected chi connectivity index (χ3v) is 5.15. The molecule has 0 N–H and O–H groups in total. The summed E-state index contributed by atoms with van der Waals surface area (Å²) in [6, 6.07) is 20.2. The number of hydrogen-bond donors (Lipinski definition) is 0. The molecule has 1 aliphatic rings. The van der Waals surface area contributed by atoms with Crippen LogP contribution in [0.25, 0.3) is 16.9 Å². The molecule has 0 aliphatic carbocycles. The number of hydrogen-bond acceptors (Lipinski definition) is 2. The summed E-state index contributed by atoms with van der Waals surface area (Å²) >= 11 is 0. The Morgan fingerprint density at radius 2 is 1.56 bits per heavy atom. The molecule has 1 fully saturated rings. The summed E-state index contributed by atoms with van der Waals surface area (Å²) in [6.45, 7) is 3.74. The summed E-state index contributed by atoms with van der Waals surface area (Å²) in [4.78, 5) is 14.8. The van der Waals surface area contributed by atoms with Crippen molar-refractivity contribution in [2.24, 2.45) is 0 Å². The molecule has 0 saturated carbocycles. The smallest absolute Gasteiger partial charge is 0.253 e. The van der Waals surface area contributed by atoms with Gasteiger partial charge in [-0.05, 0) is 50.1 Å². The third kappa shape index (κ3) is 3.80. The van der Waals surface area contributed by atoms with E-state index in [9.17, 15) is 4.79 Å². The van der Waals surface area contributed by atoms with Crippen LogP contribution in [0.3, 0.4) is 0 Å². The number of carbonyl (C=O) groups is 1. The molecule has 1 aliphatic heterocycles. The SMILES string of the molecule is Cc1cc(-c2ccccc2)n(-c2ccc(C(=O)N3CCCCCC3)cc2)n1. The minimum Gasteiger partial charge on any atom is -0.339 e. The lowest BCUT2D eigenvalue weighted by molar-refractivity contribution is 0.0761. The fourth-order valence-corrected chi connectivity index (χ4v) is 3.71. The highest BCUT2D eigenvalue weighted by Gasteiger charge is 2.17. The molecular formula is C23H25N3O. The molecule has 1 amide bonds. The fourth-order valence-electron chi connectivity index (χ4n) is 3.71. The minimum absolute atomic E-state index is 0.142. The lowest BCUT2D eigenvalue weighted by atomic mass is 10.1. The standard InChI is InChI=1S/C23H25N3O/c1-18-17-22(19-9-5-4-6-10-19)26(24-18)21-13-11-20(12-14-21)23(27)25-15-7-2-3-8-16-25/h4-6,9-14,17H,2-3,7-8,15-16H2,1H3. The molecule has 4 rings (SSSR count). The van der Waals surface area contributed by atoms with Crippen molar-refractivity contribution in [3.63, 3.8) is 0 Å². The summed E-state index contributed by atoms with van der Waals surface area (Å²) in [5.41, 5.74) is 4.88. The maximum Gasteiger partial charge on any atom is 0.253 e. The zero-order valence-corrected chi connectivity index (χ0v) is 15.8. The van der Waals surface area contributed by atoms with Gasteiger partial charge in [-0.2, -0.15) is 5.10 Å². The Morgan fingerprint density at radius 1 is 0.889 bits per heavy atom. The van der Waals surface area contributed by atoms with E-state index in [0.29, 0.717) is 0 Å². The second-order valence-electron chi connectivity index (χ2n) is 7.20. The van der Waals surface area contributed by atoms with E-state index in [2.05, 4.69) is 23.3 Å². The second-order valence-corrected chi connectivity index (χ2v) is 7.20. The van der Waals surface area contributed by atoms with Crippen LogP contribution in [0.2, 0.25) is 0 Å². The van der Waals surface area contributed by atoms with Gasteiger partial charge in [0.15, 0.2) is 0 Å². The Bertz CT molecular complexity index is 905. The Hall–Kier alpha value is -2.88. The van der Waals surface area contributed by atoms with Crippen molar-refractivity contribution in [1.82, 2.24) is 14.7 Å². The number of aryl methyl sites for hydroxylation is 1. The highest BCUT2D eigenvalue weighted by Crippen LogP contribution is 2.24. The van der Waals surface area contributed by atoms with E-state index in [1.807, 2.05) is 59.0 Å². The molecule has 138 valence electrons. The van der Waals surface area contributed by atoms with Gasteiger partial charge in [-0.1, -0.05) is 43.2 Å². The third-order valence-electron chi connectivity index (χ3n) is 5.15. The maximum absolute atomic E-state index is 12.8. The fraction of sp³-hybridized carbons (Fsp3) is 0.304. The van der Waals surface area contributed by atoms with Crippen molar-refractivity contribution in [2.45, 2.75) is 32.6 Å². The first kappa shape index (κ1) is 17.5.